The molecule has 12 nitrogen and oxygen atoms in total. The van der Waals surface area contributed by atoms with Gasteiger partial charge in [0.25, 0.3) is 0 Å². The molecule has 2 amide bonds. The Morgan fingerprint density at radius 3 is 2.10 bits per heavy atom. The lowest BCUT2D eigenvalue weighted by molar-refractivity contribution is -0.277. The van der Waals surface area contributed by atoms with Gasteiger partial charge in [0.2, 0.25) is 0 Å². The molecule has 0 fully saturated rings. The molecule has 12 heteroatoms. The third-order valence-electron chi connectivity index (χ3n) is 7.90. The van der Waals surface area contributed by atoms with Gasteiger partial charge in [-0.15, -0.1) is 0 Å². The molecule has 0 aliphatic rings. The van der Waals surface area contributed by atoms with E-state index in [2.05, 4.69) is 15.6 Å². The summed E-state index contributed by atoms with van der Waals surface area (Å²) < 4.78 is 11.3. The number of amides is 2. The number of nitrogens with one attached hydrogen (secondary N) is 2. The van der Waals surface area contributed by atoms with Crippen LogP contribution in [-0.2, 0) is 24.0 Å². The van der Waals surface area contributed by atoms with Crippen LogP contribution in [0.4, 0.5) is 9.59 Å². The number of carbonyl (C=O) groups is 2. The molecule has 0 radical (unpaired) electrons. The van der Waals surface area contributed by atoms with Gasteiger partial charge in [-0.2, -0.15) is 0 Å². The molecule has 1 heterocycles. The Hall–Kier alpha value is -4.23. The van der Waals surface area contributed by atoms with Crippen LogP contribution in [0.1, 0.15) is 51.4 Å². The second-order valence-corrected chi connectivity index (χ2v) is 13.7. The van der Waals surface area contributed by atoms with Gasteiger partial charge in [-0.3, -0.25) is 4.98 Å². The van der Waals surface area contributed by atoms with Gasteiger partial charge in [-0.05, 0) is 82.9 Å². The summed E-state index contributed by atoms with van der Waals surface area (Å²) in [6.45, 7) is 8.18. The molecule has 3 aromatic rings. The number of aliphatic hydroxyl groups excluding tert-OH is 3. The molecule has 0 spiro atoms. The fraction of sp³-hybridized carbons (Fsp3) is 0.486. The predicted octanol–water partition coefficient (Wildman–Crippen LogP) is 2.48. The van der Waals surface area contributed by atoms with E-state index in [0.29, 0.717) is 18.8 Å². The van der Waals surface area contributed by atoms with Crippen LogP contribution < -0.4 is 20.5 Å². The maximum absolute atomic E-state index is 12.7. The Bertz CT molecular complexity index is 1420. The number of aliphatic hydroxyl groups is 3. The third kappa shape index (κ3) is 13.3. The van der Waals surface area contributed by atoms with Crippen molar-refractivity contribution >= 4 is 12.2 Å². The molecule has 3 rings (SSSR count). The summed E-state index contributed by atoms with van der Waals surface area (Å²) in [7, 11) is 0. The average molecular weight is 680 g/mol. The van der Waals surface area contributed by atoms with Crippen LogP contribution in [-0.4, -0.2) is 99.1 Å². The van der Waals surface area contributed by atoms with Gasteiger partial charge < -0.3 is 50.2 Å². The number of alkyl carbamates (subject to hydrolysis) is 1. The Balaban J connectivity index is 1.68. The Morgan fingerprint density at radius 1 is 0.878 bits per heavy atom. The minimum absolute atomic E-state index is 0.0426. The van der Waals surface area contributed by atoms with Crippen molar-refractivity contribution in [2.45, 2.75) is 89.3 Å². The first-order chi connectivity index (χ1) is 23.2. The van der Waals surface area contributed by atoms with E-state index in [4.69, 9.17) is 9.47 Å². The maximum Gasteiger partial charge on any atom is 0.407 e. The fourth-order valence-electron chi connectivity index (χ4n) is 5.36. The van der Waals surface area contributed by atoms with Gasteiger partial charge in [0.1, 0.15) is 17.4 Å². The number of rotatable bonds is 18. The summed E-state index contributed by atoms with van der Waals surface area (Å²) >= 11 is 0. The molecule has 0 aliphatic carbocycles. The van der Waals surface area contributed by atoms with Crippen molar-refractivity contribution in [2.24, 2.45) is 0 Å². The molecule has 2 aromatic carbocycles. The lowest BCUT2D eigenvalue weighted by Gasteiger charge is -2.46. The third-order valence-corrected chi connectivity index (χ3v) is 7.90. The van der Waals surface area contributed by atoms with E-state index in [1.165, 1.54) is 0 Å². The average Bonchev–Trinajstić information content (AvgIpc) is 3.04. The zero-order valence-electron chi connectivity index (χ0n) is 29.0. The standard InChI is InChI=1S/C37H52N4O8/c1-36(2,3)49-34(45)40-30(21-27-14-16-29(17-15-27)48-20-18-28-13-9-10-19-39-28)32(43)23-38-24-33(44)31(22-26-11-7-6-8-12-26)41(35(46)47)37(4,5)25-42/h6-17,19,30-33,38,42-44H,18,20-25H2,1-5H3,(H,40,45)(H,46,47)/p-1/t30-,31-,32+,33+/m0/s1. The molecular formula is C37H51N4O8-. The number of carbonyl (C=O) groups excluding carboxylic acids is 2. The number of hydrogen-bond donors (Lipinski definition) is 5. The number of ether oxygens (including phenoxy) is 2. The zero-order valence-corrected chi connectivity index (χ0v) is 29.0. The second kappa shape index (κ2) is 18.5. The molecule has 5 N–H and O–H groups in total. The summed E-state index contributed by atoms with van der Waals surface area (Å²) in [5, 5.41) is 50.6. The molecule has 0 unspecified atom stereocenters. The smallest absolute Gasteiger partial charge is 0.407 e. The highest BCUT2D eigenvalue weighted by atomic mass is 16.6. The first-order valence-electron chi connectivity index (χ1n) is 16.5. The zero-order chi connectivity index (χ0) is 36.0. The summed E-state index contributed by atoms with van der Waals surface area (Å²) in [6, 6.07) is 20.5. The van der Waals surface area contributed by atoms with Crippen LogP contribution in [0.15, 0.2) is 79.0 Å². The number of pyridine rings is 1. The van der Waals surface area contributed by atoms with E-state index in [0.717, 1.165) is 21.7 Å². The lowest BCUT2D eigenvalue weighted by atomic mass is 9.94. The van der Waals surface area contributed by atoms with Crippen molar-refractivity contribution in [1.82, 2.24) is 20.5 Å². The highest BCUT2D eigenvalue weighted by molar-refractivity contribution is 5.68. The molecule has 0 saturated heterocycles. The summed E-state index contributed by atoms with van der Waals surface area (Å²) in [4.78, 5) is 30.3. The molecule has 0 bridgehead atoms. The summed E-state index contributed by atoms with van der Waals surface area (Å²) in [5.41, 5.74) is 0.564. The van der Waals surface area contributed by atoms with E-state index >= 15 is 0 Å². The number of carboxylic acid groups (broad SMARTS) is 1. The summed E-state index contributed by atoms with van der Waals surface area (Å²) in [5.74, 6) is 0.674. The quantitative estimate of drug-likeness (QED) is 0.134. The molecule has 1 aromatic heterocycles. The van der Waals surface area contributed by atoms with E-state index in [1.807, 2.05) is 72.8 Å². The van der Waals surface area contributed by atoms with Crippen LogP contribution in [0.2, 0.25) is 0 Å². The van der Waals surface area contributed by atoms with E-state index < -0.39 is 54.2 Å². The number of nitrogens with zero attached hydrogens (tertiary/aromatic N) is 2. The van der Waals surface area contributed by atoms with E-state index in [-0.39, 0.29) is 25.9 Å². The molecule has 0 saturated carbocycles. The minimum atomic E-state index is -1.52. The van der Waals surface area contributed by atoms with Crippen molar-refractivity contribution in [1.29, 1.82) is 0 Å². The second-order valence-electron chi connectivity index (χ2n) is 13.7. The maximum atomic E-state index is 12.7. The monoisotopic (exact) mass is 679 g/mol. The van der Waals surface area contributed by atoms with Crippen LogP contribution in [0.25, 0.3) is 0 Å². The van der Waals surface area contributed by atoms with Crippen LogP contribution in [0.3, 0.4) is 0 Å². The van der Waals surface area contributed by atoms with Gasteiger partial charge in [0.15, 0.2) is 0 Å². The highest BCUT2D eigenvalue weighted by Gasteiger charge is 2.36. The first-order valence-corrected chi connectivity index (χ1v) is 16.5. The van der Waals surface area contributed by atoms with Gasteiger partial charge >= 0.3 is 6.09 Å². The Morgan fingerprint density at radius 2 is 1.51 bits per heavy atom. The van der Waals surface area contributed by atoms with Crippen molar-refractivity contribution in [3.8, 4) is 5.75 Å². The van der Waals surface area contributed by atoms with Crippen LogP contribution in [0.5, 0.6) is 5.75 Å². The van der Waals surface area contributed by atoms with Crippen molar-refractivity contribution < 1.29 is 39.5 Å². The van der Waals surface area contributed by atoms with Gasteiger partial charge in [0.05, 0.1) is 43.0 Å². The van der Waals surface area contributed by atoms with Gasteiger partial charge in [-0.25, -0.2) is 4.79 Å². The van der Waals surface area contributed by atoms with Gasteiger partial charge in [-0.1, -0.05) is 48.5 Å². The predicted molar refractivity (Wildman–Crippen MR) is 184 cm³/mol. The normalized spacial score (nSPS) is 14.3. The van der Waals surface area contributed by atoms with E-state index in [9.17, 15) is 30.0 Å². The molecule has 4 atom stereocenters. The van der Waals surface area contributed by atoms with Crippen molar-refractivity contribution in [3.63, 3.8) is 0 Å². The molecular weight excluding hydrogens is 628 g/mol. The SMILES string of the molecule is CC(C)(C)OC(=O)N[C@@H](Cc1ccc(OCCc2ccccn2)cc1)[C@H](O)CNC[C@@H](O)[C@H](Cc1ccccc1)N(C(=O)[O-])C(C)(C)CO. The number of aromatic nitrogens is 1. The van der Waals surface area contributed by atoms with Crippen molar-refractivity contribution in [3.05, 3.63) is 95.8 Å². The van der Waals surface area contributed by atoms with Crippen LogP contribution >= 0.6 is 0 Å². The largest absolute Gasteiger partial charge is 0.530 e. The highest BCUT2D eigenvalue weighted by Crippen LogP contribution is 2.23. The minimum Gasteiger partial charge on any atom is -0.530 e. The number of hydrogen-bond acceptors (Lipinski definition) is 10. The number of benzene rings is 2. The topological polar surface area (TPSA) is 177 Å². The van der Waals surface area contributed by atoms with Gasteiger partial charge in [0, 0.05) is 31.4 Å². The lowest BCUT2D eigenvalue weighted by Crippen LogP contribution is -2.64. The fourth-order valence-corrected chi connectivity index (χ4v) is 5.36. The molecule has 0 aliphatic heterocycles. The van der Waals surface area contributed by atoms with E-state index in [1.54, 1.807) is 40.8 Å². The van der Waals surface area contributed by atoms with Crippen LogP contribution in [0, 0.1) is 0 Å². The Labute approximate surface area is 289 Å². The molecule has 49 heavy (non-hydrogen) atoms. The summed E-state index contributed by atoms with van der Waals surface area (Å²) in [6.07, 6.45) is -1.74. The van der Waals surface area contributed by atoms with Crippen molar-refractivity contribution in [2.75, 3.05) is 26.3 Å². The first kappa shape index (κ1) is 39.2. The molecule has 268 valence electrons. The Kier molecular flexibility index (Phi) is 14.8.